The first-order chi connectivity index (χ1) is 8.32. The molecule has 0 unspecified atom stereocenters. The molecule has 0 spiro atoms. The van der Waals surface area contributed by atoms with Gasteiger partial charge in [0, 0.05) is 10.7 Å². The van der Waals surface area contributed by atoms with Crippen molar-refractivity contribution >= 4 is 23.2 Å². The summed E-state index contributed by atoms with van der Waals surface area (Å²) < 4.78 is 37.5. The van der Waals surface area contributed by atoms with Gasteiger partial charge in [-0.2, -0.15) is 13.2 Å². The van der Waals surface area contributed by atoms with E-state index in [9.17, 15) is 18.0 Å². The number of hydrogen-bond donors (Lipinski definition) is 2. The van der Waals surface area contributed by atoms with E-state index in [0.717, 1.165) is 12.1 Å². The maximum Gasteiger partial charge on any atom is 0.416 e. The van der Waals surface area contributed by atoms with Gasteiger partial charge in [-0.25, -0.2) is 0 Å². The van der Waals surface area contributed by atoms with Gasteiger partial charge in [0.25, 0.3) is 0 Å². The second-order valence-electron chi connectivity index (χ2n) is 3.55. The van der Waals surface area contributed by atoms with Crippen molar-refractivity contribution in [2.45, 2.75) is 13.1 Å². The second-order valence-corrected chi connectivity index (χ2v) is 3.99. The van der Waals surface area contributed by atoms with E-state index in [1.807, 2.05) is 6.92 Å². The summed E-state index contributed by atoms with van der Waals surface area (Å²) in [6.07, 6.45) is -4.49. The standard InChI is InChI=1S/C11H12ClF3N2O/c1-2-16-6-10(18)17-9-4-7(11(13,14)15)3-8(12)5-9/h3-5,16H,2,6H2,1H3,(H,17,18). The molecule has 0 aliphatic heterocycles. The summed E-state index contributed by atoms with van der Waals surface area (Å²) in [4.78, 5) is 11.3. The summed E-state index contributed by atoms with van der Waals surface area (Å²) in [6.45, 7) is 2.44. The molecule has 0 fully saturated rings. The number of alkyl halides is 3. The molecule has 0 saturated carbocycles. The van der Waals surface area contributed by atoms with E-state index in [1.54, 1.807) is 0 Å². The van der Waals surface area contributed by atoms with Gasteiger partial charge in [-0.05, 0) is 24.7 Å². The molecular weight excluding hydrogens is 269 g/mol. The van der Waals surface area contributed by atoms with Crippen molar-refractivity contribution < 1.29 is 18.0 Å². The van der Waals surface area contributed by atoms with Crippen molar-refractivity contribution in [2.24, 2.45) is 0 Å². The van der Waals surface area contributed by atoms with Crippen molar-refractivity contribution in [3.8, 4) is 0 Å². The number of hydrogen-bond acceptors (Lipinski definition) is 2. The molecule has 0 radical (unpaired) electrons. The predicted molar refractivity (Wildman–Crippen MR) is 63.6 cm³/mol. The van der Waals surface area contributed by atoms with Gasteiger partial charge in [0.05, 0.1) is 12.1 Å². The summed E-state index contributed by atoms with van der Waals surface area (Å²) in [7, 11) is 0. The highest BCUT2D eigenvalue weighted by atomic mass is 35.5. The number of carbonyl (C=O) groups is 1. The van der Waals surface area contributed by atoms with Gasteiger partial charge < -0.3 is 10.6 Å². The summed E-state index contributed by atoms with van der Waals surface area (Å²) in [6, 6.07) is 2.91. The van der Waals surface area contributed by atoms with Crippen LogP contribution in [0.4, 0.5) is 18.9 Å². The molecule has 100 valence electrons. The number of halogens is 4. The van der Waals surface area contributed by atoms with Crippen LogP contribution in [0, 0.1) is 0 Å². The Morgan fingerprint density at radius 3 is 2.56 bits per heavy atom. The van der Waals surface area contributed by atoms with Gasteiger partial charge in [0.2, 0.25) is 5.91 Å². The first kappa shape index (κ1) is 14.8. The zero-order valence-corrected chi connectivity index (χ0v) is 10.3. The average Bonchev–Trinajstić information content (AvgIpc) is 2.24. The normalized spacial score (nSPS) is 11.4. The Hall–Kier alpha value is -1.27. The fourth-order valence-electron chi connectivity index (χ4n) is 1.27. The first-order valence-corrected chi connectivity index (χ1v) is 5.59. The molecule has 1 aromatic rings. The van der Waals surface area contributed by atoms with E-state index >= 15 is 0 Å². The smallest absolute Gasteiger partial charge is 0.325 e. The van der Waals surface area contributed by atoms with Crippen molar-refractivity contribution in [3.05, 3.63) is 28.8 Å². The highest BCUT2D eigenvalue weighted by Crippen LogP contribution is 2.33. The maximum atomic E-state index is 12.5. The van der Waals surface area contributed by atoms with Gasteiger partial charge in [-0.3, -0.25) is 4.79 Å². The molecule has 0 aliphatic carbocycles. The summed E-state index contributed by atoms with van der Waals surface area (Å²) in [5, 5.41) is 5.02. The number of nitrogens with one attached hydrogen (secondary N) is 2. The number of likely N-dealkylation sites (N-methyl/N-ethyl adjacent to an activating group) is 1. The predicted octanol–water partition coefficient (Wildman–Crippen LogP) is 2.91. The number of anilines is 1. The van der Waals surface area contributed by atoms with Crippen LogP contribution in [-0.2, 0) is 11.0 Å². The molecule has 3 nitrogen and oxygen atoms in total. The highest BCUT2D eigenvalue weighted by molar-refractivity contribution is 6.31. The van der Waals surface area contributed by atoms with E-state index < -0.39 is 17.6 Å². The highest BCUT2D eigenvalue weighted by Gasteiger charge is 2.31. The quantitative estimate of drug-likeness (QED) is 0.890. The Morgan fingerprint density at radius 2 is 2.00 bits per heavy atom. The third-order valence-corrected chi connectivity index (χ3v) is 2.26. The van der Waals surface area contributed by atoms with E-state index in [0.29, 0.717) is 6.54 Å². The Kier molecular flexibility index (Phi) is 4.98. The maximum absolute atomic E-state index is 12.5. The van der Waals surface area contributed by atoms with Crippen LogP contribution in [0.25, 0.3) is 0 Å². The van der Waals surface area contributed by atoms with Crippen LogP contribution in [0.15, 0.2) is 18.2 Å². The van der Waals surface area contributed by atoms with E-state index in [1.165, 1.54) is 6.07 Å². The largest absolute Gasteiger partial charge is 0.416 e. The van der Waals surface area contributed by atoms with Crippen molar-refractivity contribution in [3.63, 3.8) is 0 Å². The zero-order valence-electron chi connectivity index (χ0n) is 9.57. The monoisotopic (exact) mass is 280 g/mol. The lowest BCUT2D eigenvalue weighted by Crippen LogP contribution is -2.27. The van der Waals surface area contributed by atoms with Gasteiger partial charge in [0.1, 0.15) is 0 Å². The molecule has 0 atom stereocenters. The molecule has 1 rings (SSSR count). The average molecular weight is 281 g/mol. The van der Waals surface area contributed by atoms with Gasteiger partial charge >= 0.3 is 6.18 Å². The van der Waals surface area contributed by atoms with E-state index in [2.05, 4.69) is 10.6 Å². The summed E-state index contributed by atoms with van der Waals surface area (Å²) in [5.74, 6) is -0.424. The van der Waals surface area contributed by atoms with Crippen LogP contribution >= 0.6 is 11.6 Å². The number of rotatable bonds is 4. The Morgan fingerprint density at radius 1 is 1.33 bits per heavy atom. The third kappa shape index (κ3) is 4.54. The van der Waals surface area contributed by atoms with Crippen molar-refractivity contribution in [1.29, 1.82) is 0 Å². The number of carbonyl (C=O) groups excluding carboxylic acids is 1. The van der Waals surface area contributed by atoms with Crippen LogP contribution in [0.2, 0.25) is 5.02 Å². The minimum absolute atomic E-state index is 0.0257. The zero-order chi connectivity index (χ0) is 13.8. The Balaban J connectivity index is 2.84. The molecule has 1 aromatic carbocycles. The van der Waals surface area contributed by atoms with E-state index in [4.69, 9.17) is 11.6 Å². The first-order valence-electron chi connectivity index (χ1n) is 5.21. The molecule has 18 heavy (non-hydrogen) atoms. The molecule has 7 heteroatoms. The Bertz CT molecular complexity index is 435. The molecule has 2 N–H and O–H groups in total. The lowest BCUT2D eigenvalue weighted by atomic mass is 10.2. The fraction of sp³-hybridized carbons (Fsp3) is 0.364. The summed E-state index contributed by atoms with van der Waals surface area (Å²) >= 11 is 5.58. The van der Waals surface area contributed by atoms with Crippen LogP contribution < -0.4 is 10.6 Å². The third-order valence-electron chi connectivity index (χ3n) is 2.04. The minimum atomic E-state index is -4.49. The molecule has 0 aliphatic rings. The lowest BCUT2D eigenvalue weighted by Gasteiger charge is -2.11. The van der Waals surface area contributed by atoms with Crippen molar-refractivity contribution in [1.82, 2.24) is 5.32 Å². The van der Waals surface area contributed by atoms with Crippen LogP contribution in [-0.4, -0.2) is 19.0 Å². The van der Waals surface area contributed by atoms with Gasteiger partial charge in [0.15, 0.2) is 0 Å². The number of benzene rings is 1. The summed E-state index contributed by atoms with van der Waals surface area (Å²) in [5.41, 5.74) is -0.869. The van der Waals surface area contributed by atoms with Crippen molar-refractivity contribution in [2.75, 3.05) is 18.4 Å². The second kappa shape index (κ2) is 6.06. The SMILES string of the molecule is CCNCC(=O)Nc1cc(Cl)cc(C(F)(F)F)c1. The van der Waals surface area contributed by atoms with Crippen LogP contribution in [0.3, 0.4) is 0 Å². The van der Waals surface area contributed by atoms with Gasteiger partial charge in [-0.1, -0.05) is 18.5 Å². The topological polar surface area (TPSA) is 41.1 Å². The molecule has 0 heterocycles. The van der Waals surface area contributed by atoms with Crippen LogP contribution in [0.1, 0.15) is 12.5 Å². The molecule has 1 amide bonds. The fourth-order valence-corrected chi connectivity index (χ4v) is 1.50. The molecular formula is C11H12ClF3N2O. The van der Waals surface area contributed by atoms with Gasteiger partial charge in [-0.15, -0.1) is 0 Å². The molecule has 0 bridgehead atoms. The van der Waals surface area contributed by atoms with E-state index in [-0.39, 0.29) is 17.3 Å². The molecule has 0 saturated heterocycles. The lowest BCUT2D eigenvalue weighted by molar-refractivity contribution is -0.137. The molecule has 0 aromatic heterocycles. The Labute approximate surface area is 107 Å². The number of amides is 1. The minimum Gasteiger partial charge on any atom is -0.325 e. The van der Waals surface area contributed by atoms with Crippen LogP contribution in [0.5, 0.6) is 0 Å².